The van der Waals surface area contributed by atoms with Crippen molar-refractivity contribution >= 4 is 5.69 Å². The minimum Gasteiger partial charge on any atom is -0.391 e. The highest BCUT2D eigenvalue weighted by molar-refractivity contribution is 5.46. The molecule has 2 rings (SSSR count). The molecule has 0 amide bonds. The van der Waals surface area contributed by atoms with Gasteiger partial charge in [-0.05, 0) is 31.4 Å². The van der Waals surface area contributed by atoms with Crippen LogP contribution in [0.15, 0.2) is 30.3 Å². The lowest BCUT2D eigenvalue weighted by Crippen LogP contribution is -2.37. The highest BCUT2D eigenvalue weighted by Crippen LogP contribution is 2.26. The van der Waals surface area contributed by atoms with E-state index in [1.807, 2.05) is 18.2 Å². The summed E-state index contributed by atoms with van der Waals surface area (Å²) in [7, 11) is 2.06. The van der Waals surface area contributed by atoms with Crippen molar-refractivity contribution in [3.05, 3.63) is 30.3 Å². The predicted molar refractivity (Wildman–Crippen MR) is 58.5 cm³/mol. The van der Waals surface area contributed by atoms with Crippen LogP contribution >= 0.6 is 0 Å². The highest BCUT2D eigenvalue weighted by Gasteiger charge is 2.28. The summed E-state index contributed by atoms with van der Waals surface area (Å²) in [6, 6.07) is 10.6. The fraction of sp³-hybridized carbons (Fsp3) is 0.500. The van der Waals surface area contributed by atoms with Crippen LogP contribution in [0, 0.1) is 0 Å². The number of hydrogen-bond donors (Lipinski definition) is 1. The SMILES string of the molecule is CN(c1ccccc1)[C@@H]1CCC[C@H]1O. The fourth-order valence-corrected chi connectivity index (χ4v) is 2.23. The standard InChI is InChI=1S/C12H17NO/c1-13(10-6-3-2-4-7-10)11-8-5-9-12(11)14/h2-4,6-7,11-12,14H,5,8-9H2,1H3/t11-,12-/m1/s1. The minimum atomic E-state index is -0.153. The summed E-state index contributed by atoms with van der Waals surface area (Å²) in [6.07, 6.45) is 3.04. The van der Waals surface area contributed by atoms with Crippen molar-refractivity contribution in [3.63, 3.8) is 0 Å². The molecule has 0 unspecified atom stereocenters. The summed E-state index contributed by atoms with van der Waals surface area (Å²) in [5, 5.41) is 9.78. The third kappa shape index (κ3) is 1.75. The molecule has 1 aromatic carbocycles. The molecule has 2 heteroatoms. The third-order valence-electron chi connectivity index (χ3n) is 3.10. The van der Waals surface area contributed by atoms with Crippen LogP contribution in [0.4, 0.5) is 5.69 Å². The van der Waals surface area contributed by atoms with Gasteiger partial charge in [0.1, 0.15) is 0 Å². The number of nitrogens with zero attached hydrogens (tertiary/aromatic N) is 1. The van der Waals surface area contributed by atoms with Crippen LogP contribution in [-0.2, 0) is 0 Å². The normalized spacial score (nSPS) is 26.4. The maximum absolute atomic E-state index is 9.78. The molecular weight excluding hydrogens is 174 g/mol. The van der Waals surface area contributed by atoms with Gasteiger partial charge in [0.25, 0.3) is 0 Å². The first kappa shape index (κ1) is 9.53. The molecule has 1 N–H and O–H groups in total. The van der Waals surface area contributed by atoms with Gasteiger partial charge in [0.15, 0.2) is 0 Å². The van der Waals surface area contributed by atoms with E-state index in [1.54, 1.807) is 0 Å². The molecule has 0 heterocycles. The Bertz CT molecular complexity index is 286. The number of benzene rings is 1. The van der Waals surface area contributed by atoms with Gasteiger partial charge in [-0.15, -0.1) is 0 Å². The Kier molecular flexibility index (Phi) is 2.73. The first-order chi connectivity index (χ1) is 6.79. The average molecular weight is 191 g/mol. The number of hydrogen-bond acceptors (Lipinski definition) is 2. The fourth-order valence-electron chi connectivity index (χ4n) is 2.23. The van der Waals surface area contributed by atoms with Gasteiger partial charge in [-0.3, -0.25) is 0 Å². The van der Waals surface area contributed by atoms with Crippen molar-refractivity contribution in [1.29, 1.82) is 0 Å². The average Bonchev–Trinajstić information content (AvgIpc) is 2.65. The largest absolute Gasteiger partial charge is 0.391 e. The van der Waals surface area contributed by atoms with Gasteiger partial charge in [0.05, 0.1) is 12.1 Å². The maximum atomic E-state index is 9.78. The highest BCUT2D eigenvalue weighted by atomic mass is 16.3. The number of rotatable bonds is 2. The van der Waals surface area contributed by atoms with Crippen molar-refractivity contribution in [2.75, 3.05) is 11.9 Å². The first-order valence-electron chi connectivity index (χ1n) is 5.25. The van der Waals surface area contributed by atoms with Gasteiger partial charge < -0.3 is 10.0 Å². The van der Waals surface area contributed by atoms with Crippen molar-refractivity contribution in [3.8, 4) is 0 Å². The van der Waals surface area contributed by atoms with Crippen LogP contribution in [0.5, 0.6) is 0 Å². The molecule has 0 aromatic heterocycles. The van der Waals surface area contributed by atoms with Crippen molar-refractivity contribution in [2.24, 2.45) is 0 Å². The third-order valence-corrected chi connectivity index (χ3v) is 3.10. The van der Waals surface area contributed by atoms with Gasteiger partial charge in [-0.2, -0.15) is 0 Å². The van der Waals surface area contributed by atoms with E-state index in [0.29, 0.717) is 6.04 Å². The molecule has 14 heavy (non-hydrogen) atoms. The smallest absolute Gasteiger partial charge is 0.0743 e. The van der Waals surface area contributed by atoms with Crippen LogP contribution < -0.4 is 4.90 Å². The number of para-hydroxylation sites is 1. The van der Waals surface area contributed by atoms with E-state index in [4.69, 9.17) is 0 Å². The zero-order valence-electron chi connectivity index (χ0n) is 8.56. The summed E-state index contributed by atoms with van der Waals surface area (Å²) in [5.74, 6) is 0. The zero-order valence-corrected chi connectivity index (χ0v) is 8.56. The Hall–Kier alpha value is -1.02. The summed E-state index contributed by atoms with van der Waals surface area (Å²) >= 11 is 0. The van der Waals surface area contributed by atoms with E-state index in [1.165, 1.54) is 5.69 Å². The Morgan fingerprint density at radius 1 is 1.21 bits per heavy atom. The van der Waals surface area contributed by atoms with E-state index in [9.17, 15) is 5.11 Å². The lowest BCUT2D eigenvalue weighted by molar-refractivity contribution is 0.163. The van der Waals surface area contributed by atoms with Crippen molar-refractivity contribution in [2.45, 2.75) is 31.4 Å². The summed E-state index contributed by atoms with van der Waals surface area (Å²) in [6.45, 7) is 0. The second-order valence-electron chi connectivity index (χ2n) is 4.01. The van der Waals surface area contributed by atoms with E-state index in [-0.39, 0.29) is 6.10 Å². The Labute approximate surface area is 85.2 Å². The van der Waals surface area contributed by atoms with Gasteiger partial charge in [0.2, 0.25) is 0 Å². The molecule has 0 bridgehead atoms. The molecule has 0 aliphatic heterocycles. The second-order valence-corrected chi connectivity index (χ2v) is 4.01. The van der Waals surface area contributed by atoms with Gasteiger partial charge >= 0.3 is 0 Å². The topological polar surface area (TPSA) is 23.5 Å². The lowest BCUT2D eigenvalue weighted by Gasteiger charge is -2.29. The number of aliphatic hydroxyl groups excluding tert-OH is 1. The van der Waals surface area contributed by atoms with Crippen LogP contribution in [-0.4, -0.2) is 24.3 Å². The van der Waals surface area contributed by atoms with Gasteiger partial charge in [-0.1, -0.05) is 18.2 Å². The van der Waals surface area contributed by atoms with E-state index in [0.717, 1.165) is 19.3 Å². The monoisotopic (exact) mass is 191 g/mol. The Morgan fingerprint density at radius 3 is 2.50 bits per heavy atom. The van der Waals surface area contributed by atoms with Crippen molar-refractivity contribution < 1.29 is 5.11 Å². The molecular formula is C12H17NO. The molecule has 0 spiro atoms. The van der Waals surface area contributed by atoms with E-state index >= 15 is 0 Å². The van der Waals surface area contributed by atoms with E-state index in [2.05, 4.69) is 24.1 Å². The predicted octanol–water partition coefficient (Wildman–Crippen LogP) is 2.04. The van der Waals surface area contributed by atoms with Crippen LogP contribution in [0.2, 0.25) is 0 Å². The molecule has 0 saturated heterocycles. The quantitative estimate of drug-likeness (QED) is 0.773. The minimum absolute atomic E-state index is 0.153. The molecule has 76 valence electrons. The molecule has 1 saturated carbocycles. The van der Waals surface area contributed by atoms with Crippen LogP contribution in [0.1, 0.15) is 19.3 Å². The summed E-state index contributed by atoms with van der Waals surface area (Å²) in [5.41, 5.74) is 1.19. The van der Waals surface area contributed by atoms with E-state index < -0.39 is 0 Å². The second kappa shape index (κ2) is 4.01. The Morgan fingerprint density at radius 2 is 1.93 bits per heavy atom. The maximum Gasteiger partial charge on any atom is 0.0743 e. The lowest BCUT2D eigenvalue weighted by atomic mass is 10.1. The van der Waals surface area contributed by atoms with Gasteiger partial charge in [0, 0.05) is 12.7 Å². The summed E-state index contributed by atoms with van der Waals surface area (Å²) in [4.78, 5) is 2.19. The van der Waals surface area contributed by atoms with Crippen molar-refractivity contribution in [1.82, 2.24) is 0 Å². The molecule has 1 aromatic rings. The number of aliphatic hydroxyl groups is 1. The molecule has 0 radical (unpaired) electrons. The number of likely N-dealkylation sites (N-methyl/N-ethyl adjacent to an activating group) is 1. The van der Waals surface area contributed by atoms with Gasteiger partial charge in [-0.25, -0.2) is 0 Å². The van der Waals surface area contributed by atoms with Crippen LogP contribution in [0.3, 0.4) is 0 Å². The number of anilines is 1. The Balaban J connectivity index is 2.12. The zero-order chi connectivity index (χ0) is 9.97. The molecule has 2 atom stereocenters. The molecule has 1 aliphatic carbocycles. The molecule has 2 nitrogen and oxygen atoms in total. The molecule has 1 fully saturated rings. The van der Waals surface area contributed by atoms with Crippen LogP contribution in [0.25, 0.3) is 0 Å². The first-order valence-corrected chi connectivity index (χ1v) is 5.25. The summed E-state index contributed by atoms with van der Waals surface area (Å²) < 4.78 is 0. The molecule has 1 aliphatic rings.